The molecular formula is C24H29N3O3S. The number of para-hydroxylation sites is 1. The van der Waals surface area contributed by atoms with Crippen molar-refractivity contribution in [3.63, 3.8) is 0 Å². The lowest BCUT2D eigenvalue weighted by atomic mass is 10.1. The highest BCUT2D eigenvalue weighted by Crippen LogP contribution is 2.26. The third-order valence-corrected chi connectivity index (χ3v) is 7.79. The van der Waals surface area contributed by atoms with Crippen LogP contribution in [0.2, 0.25) is 0 Å². The van der Waals surface area contributed by atoms with Gasteiger partial charge in [0.2, 0.25) is 15.9 Å². The molecule has 0 bridgehead atoms. The molecule has 0 N–H and O–H groups in total. The average molecular weight is 440 g/mol. The lowest BCUT2D eigenvalue weighted by Gasteiger charge is -2.24. The van der Waals surface area contributed by atoms with Crippen molar-refractivity contribution < 1.29 is 13.2 Å². The zero-order chi connectivity index (χ0) is 21.8. The molecule has 0 radical (unpaired) electrons. The summed E-state index contributed by atoms with van der Waals surface area (Å²) in [6, 6.07) is 15.6. The van der Waals surface area contributed by atoms with Gasteiger partial charge in [-0.15, -0.1) is 0 Å². The maximum absolute atomic E-state index is 12.7. The maximum Gasteiger partial charge on any atom is 0.246 e. The van der Waals surface area contributed by atoms with E-state index in [0.29, 0.717) is 25.2 Å². The summed E-state index contributed by atoms with van der Waals surface area (Å²) in [6.45, 7) is 3.23. The van der Waals surface area contributed by atoms with Gasteiger partial charge in [-0.1, -0.05) is 30.3 Å². The Bertz CT molecular complexity index is 1060. The Morgan fingerprint density at radius 1 is 1.00 bits per heavy atom. The fourth-order valence-electron chi connectivity index (χ4n) is 4.22. The topological polar surface area (TPSA) is 60.9 Å². The van der Waals surface area contributed by atoms with Gasteiger partial charge < -0.3 is 9.80 Å². The van der Waals surface area contributed by atoms with E-state index < -0.39 is 10.0 Å². The number of sulfonamides is 1. The summed E-state index contributed by atoms with van der Waals surface area (Å²) in [5.41, 5.74) is 3.91. The van der Waals surface area contributed by atoms with Gasteiger partial charge in [-0.2, -0.15) is 0 Å². The van der Waals surface area contributed by atoms with Gasteiger partial charge in [-0.05, 0) is 54.7 Å². The number of rotatable bonds is 6. The van der Waals surface area contributed by atoms with Gasteiger partial charge in [-0.3, -0.25) is 9.10 Å². The summed E-state index contributed by atoms with van der Waals surface area (Å²) in [5.74, 6) is 0.138. The van der Waals surface area contributed by atoms with E-state index in [1.165, 1.54) is 22.8 Å². The van der Waals surface area contributed by atoms with E-state index >= 15 is 0 Å². The van der Waals surface area contributed by atoms with Crippen LogP contribution in [-0.2, 0) is 21.4 Å². The quantitative estimate of drug-likeness (QED) is 0.647. The molecule has 4 rings (SSSR count). The average Bonchev–Trinajstić information content (AvgIpc) is 3.42. The van der Waals surface area contributed by atoms with Gasteiger partial charge in [0, 0.05) is 45.0 Å². The van der Waals surface area contributed by atoms with Crippen molar-refractivity contribution >= 4 is 33.4 Å². The number of hydrogen-bond donors (Lipinski definition) is 0. The van der Waals surface area contributed by atoms with Crippen molar-refractivity contribution in [2.24, 2.45) is 0 Å². The van der Waals surface area contributed by atoms with E-state index in [4.69, 9.17) is 0 Å². The summed E-state index contributed by atoms with van der Waals surface area (Å²) in [6.07, 6.45) is 6.43. The van der Waals surface area contributed by atoms with E-state index in [1.807, 2.05) is 25.2 Å². The van der Waals surface area contributed by atoms with E-state index in [0.717, 1.165) is 24.2 Å². The monoisotopic (exact) mass is 439 g/mol. The van der Waals surface area contributed by atoms with Crippen molar-refractivity contribution in [1.82, 2.24) is 4.90 Å². The lowest BCUT2D eigenvalue weighted by Crippen LogP contribution is -2.26. The normalized spacial score (nSPS) is 18.1. The molecule has 0 unspecified atom stereocenters. The van der Waals surface area contributed by atoms with Crippen LogP contribution in [0.1, 0.15) is 30.4 Å². The van der Waals surface area contributed by atoms with Gasteiger partial charge in [0.15, 0.2) is 0 Å². The minimum absolute atomic E-state index is 0.0672. The predicted molar refractivity (Wildman–Crippen MR) is 126 cm³/mol. The molecule has 2 heterocycles. The smallest absolute Gasteiger partial charge is 0.246 e. The van der Waals surface area contributed by atoms with Crippen LogP contribution >= 0.6 is 0 Å². The first-order valence-corrected chi connectivity index (χ1v) is 12.4. The summed E-state index contributed by atoms with van der Waals surface area (Å²) >= 11 is 0. The highest BCUT2D eigenvalue weighted by Gasteiger charge is 2.28. The highest BCUT2D eigenvalue weighted by atomic mass is 32.2. The predicted octanol–water partition coefficient (Wildman–Crippen LogP) is 3.50. The second-order valence-corrected chi connectivity index (χ2v) is 10.2. The first kappa shape index (κ1) is 21.4. The van der Waals surface area contributed by atoms with Crippen molar-refractivity contribution in [3.8, 4) is 0 Å². The molecular weight excluding hydrogens is 410 g/mol. The Kier molecular flexibility index (Phi) is 6.32. The van der Waals surface area contributed by atoms with Crippen LogP contribution in [0.4, 0.5) is 11.4 Å². The number of likely N-dealkylation sites (N-methyl/N-ethyl adjacent to an activating group) is 1. The number of carbonyl (C=O) groups excluding carboxylic acids is 1. The van der Waals surface area contributed by atoms with Crippen molar-refractivity contribution in [3.05, 3.63) is 65.7 Å². The highest BCUT2D eigenvalue weighted by molar-refractivity contribution is 7.93. The van der Waals surface area contributed by atoms with Crippen LogP contribution < -0.4 is 9.21 Å². The summed E-state index contributed by atoms with van der Waals surface area (Å²) < 4.78 is 25.6. The first-order valence-electron chi connectivity index (χ1n) is 10.8. The second kappa shape index (κ2) is 9.14. The number of hydrogen-bond acceptors (Lipinski definition) is 4. The lowest BCUT2D eigenvalue weighted by molar-refractivity contribution is -0.125. The fourth-order valence-corrected chi connectivity index (χ4v) is 5.78. The molecule has 2 aliphatic heterocycles. The third-order valence-electron chi connectivity index (χ3n) is 5.92. The van der Waals surface area contributed by atoms with Gasteiger partial charge in [-0.25, -0.2) is 8.42 Å². The molecule has 0 aromatic heterocycles. The van der Waals surface area contributed by atoms with E-state index in [1.54, 1.807) is 29.2 Å². The molecule has 0 aliphatic carbocycles. The number of nitrogens with zero attached hydrogens (tertiary/aromatic N) is 3. The first-order chi connectivity index (χ1) is 14.9. The molecule has 2 saturated heterocycles. The molecule has 6 nitrogen and oxygen atoms in total. The van der Waals surface area contributed by atoms with Gasteiger partial charge in [0.05, 0.1) is 11.4 Å². The van der Waals surface area contributed by atoms with Crippen LogP contribution in [0.3, 0.4) is 0 Å². The second-order valence-electron chi connectivity index (χ2n) is 8.18. The fraction of sp³-hybridized carbons (Fsp3) is 0.375. The summed E-state index contributed by atoms with van der Waals surface area (Å²) in [4.78, 5) is 16.8. The van der Waals surface area contributed by atoms with Crippen LogP contribution in [0.5, 0.6) is 0 Å². The van der Waals surface area contributed by atoms with Gasteiger partial charge >= 0.3 is 0 Å². The molecule has 2 aromatic rings. The van der Waals surface area contributed by atoms with Crippen molar-refractivity contribution in [2.45, 2.75) is 25.8 Å². The summed E-state index contributed by atoms with van der Waals surface area (Å²) in [5, 5.41) is 0. The molecule has 2 aromatic carbocycles. The Morgan fingerprint density at radius 3 is 2.39 bits per heavy atom. The zero-order valence-electron chi connectivity index (χ0n) is 17.9. The van der Waals surface area contributed by atoms with Gasteiger partial charge in [0.25, 0.3) is 0 Å². The standard InChI is InChI=1S/C24H29N3O3S/c1-25(19-21-7-2-3-8-23(21)26-15-4-5-16-26)24(28)14-11-20-9-12-22(13-10-20)27-17-6-18-31(27,29)30/h2-3,7-14H,4-6,15-19H2,1H3/b14-11+. The minimum Gasteiger partial charge on any atom is -0.371 e. The number of anilines is 2. The molecule has 2 fully saturated rings. The molecule has 1 amide bonds. The molecule has 31 heavy (non-hydrogen) atoms. The summed E-state index contributed by atoms with van der Waals surface area (Å²) in [7, 11) is -1.36. The molecule has 2 aliphatic rings. The SMILES string of the molecule is CN(Cc1ccccc1N1CCCC1)C(=O)/C=C/c1ccc(N2CCCS2(=O)=O)cc1. The molecule has 0 spiro atoms. The van der Waals surface area contributed by atoms with E-state index in [-0.39, 0.29) is 11.7 Å². The van der Waals surface area contributed by atoms with Crippen LogP contribution in [0.25, 0.3) is 6.08 Å². The Labute approximate surface area is 184 Å². The van der Waals surface area contributed by atoms with Crippen LogP contribution in [-0.4, -0.2) is 51.7 Å². The zero-order valence-corrected chi connectivity index (χ0v) is 18.7. The maximum atomic E-state index is 12.7. The largest absolute Gasteiger partial charge is 0.371 e. The Hall–Kier alpha value is -2.80. The van der Waals surface area contributed by atoms with E-state index in [9.17, 15) is 13.2 Å². The molecule has 164 valence electrons. The van der Waals surface area contributed by atoms with Crippen LogP contribution in [0, 0.1) is 0 Å². The number of amides is 1. The number of carbonyl (C=O) groups is 1. The van der Waals surface area contributed by atoms with E-state index in [2.05, 4.69) is 23.1 Å². The molecule has 0 atom stereocenters. The Morgan fingerprint density at radius 2 is 1.71 bits per heavy atom. The number of benzene rings is 2. The Balaban J connectivity index is 1.39. The molecule has 0 saturated carbocycles. The van der Waals surface area contributed by atoms with Crippen molar-refractivity contribution in [2.75, 3.05) is 41.6 Å². The van der Waals surface area contributed by atoms with Gasteiger partial charge in [0.1, 0.15) is 0 Å². The van der Waals surface area contributed by atoms with Crippen LogP contribution in [0.15, 0.2) is 54.6 Å². The third kappa shape index (κ3) is 4.93. The minimum atomic E-state index is -3.18. The molecule has 7 heteroatoms. The van der Waals surface area contributed by atoms with Crippen molar-refractivity contribution in [1.29, 1.82) is 0 Å².